The number of carbonyl (C=O) groups excluding carboxylic acids is 1. The fourth-order valence-electron chi connectivity index (χ4n) is 2.91. The highest BCUT2D eigenvalue weighted by Crippen LogP contribution is 2.39. The summed E-state index contributed by atoms with van der Waals surface area (Å²) in [5.41, 5.74) is 1.67. The molecule has 102 valence electrons. The normalized spacial score (nSPS) is 16.6. The third-order valence-corrected chi connectivity index (χ3v) is 4.31. The summed E-state index contributed by atoms with van der Waals surface area (Å²) in [4.78, 5) is 15.6. The molecule has 0 amide bonds. The number of nitrogens with one attached hydrogen (secondary N) is 1. The lowest BCUT2D eigenvalue weighted by Crippen LogP contribution is -2.41. The van der Waals surface area contributed by atoms with Crippen molar-refractivity contribution in [1.82, 2.24) is 4.98 Å². The molecule has 4 nitrogen and oxygen atoms in total. The molecule has 1 aromatic heterocycles. The number of nitriles is 1. The van der Waals surface area contributed by atoms with Crippen molar-refractivity contribution in [2.45, 2.75) is 31.3 Å². The van der Waals surface area contributed by atoms with Crippen LogP contribution < -0.4 is 0 Å². The van der Waals surface area contributed by atoms with Gasteiger partial charge in [-0.2, -0.15) is 5.26 Å². The summed E-state index contributed by atoms with van der Waals surface area (Å²) in [6.07, 6.45) is 5.07. The number of aromatic nitrogens is 1. The van der Waals surface area contributed by atoms with Gasteiger partial charge in [0.1, 0.15) is 0 Å². The van der Waals surface area contributed by atoms with Crippen molar-refractivity contribution in [2.24, 2.45) is 0 Å². The number of carbonyl (C=O) groups is 1. The molecule has 0 unspecified atom stereocenters. The Morgan fingerprint density at radius 1 is 1.50 bits per heavy atom. The number of Topliss-reactive ketones (excluding diaryl/α,β-unsaturated/α-hetero) is 1. The molecule has 0 aliphatic heterocycles. The Balaban J connectivity index is 1.98. The first-order valence-corrected chi connectivity index (χ1v) is 6.78. The molecule has 3 rings (SSSR count). The molecule has 1 saturated carbocycles. The molecule has 0 radical (unpaired) electrons. The number of fused-ring (bicyclic) bond motifs is 1. The predicted molar refractivity (Wildman–Crippen MR) is 75.6 cm³/mol. The van der Waals surface area contributed by atoms with Crippen LogP contribution in [0.25, 0.3) is 10.9 Å². The number of benzene rings is 1. The second-order valence-corrected chi connectivity index (χ2v) is 5.38. The Morgan fingerprint density at radius 3 is 2.90 bits per heavy atom. The van der Waals surface area contributed by atoms with E-state index in [2.05, 4.69) is 11.1 Å². The van der Waals surface area contributed by atoms with Crippen LogP contribution in [0.15, 0.2) is 24.4 Å². The molecule has 0 atom stereocenters. The third kappa shape index (κ3) is 1.91. The van der Waals surface area contributed by atoms with E-state index >= 15 is 0 Å². The van der Waals surface area contributed by atoms with Gasteiger partial charge < -0.3 is 9.72 Å². The highest BCUT2D eigenvalue weighted by atomic mass is 16.5. The number of methoxy groups -OCH3 is 1. The highest BCUT2D eigenvalue weighted by molar-refractivity contribution is 6.10. The molecule has 0 spiro atoms. The van der Waals surface area contributed by atoms with E-state index in [4.69, 9.17) is 4.74 Å². The summed E-state index contributed by atoms with van der Waals surface area (Å²) in [5, 5.41) is 9.92. The molecule has 1 aromatic carbocycles. The molecule has 2 aromatic rings. The fraction of sp³-hybridized carbons (Fsp3) is 0.375. The van der Waals surface area contributed by atoms with Crippen LogP contribution in [0.4, 0.5) is 0 Å². The first-order valence-electron chi connectivity index (χ1n) is 6.78. The van der Waals surface area contributed by atoms with Gasteiger partial charge in [-0.1, -0.05) is 6.07 Å². The standard InChI is InChI=1S/C16H16N2O2/c1-20-16(6-3-7-16)8-14(19)12-10-18-13-5-2-4-11(9-17)15(12)13/h2,4-5,10,18H,3,6-8H2,1H3. The van der Waals surface area contributed by atoms with E-state index in [-0.39, 0.29) is 11.4 Å². The second kappa shape index (κ2) is 4.77. The quantitative estimate of drug-likeness (QED) is 0.866. The Kier molecular flexibility index (Phi) is 3.07. The van der Waals surface area contributed by atoms with E-state index in [1.807, 2.05) is 12.1 Å². The lowest BCUT2D eigenvalue weighted by molar-refractivity contribution is -0.0704. The van der Waals surface area contributed by atoms with Gasteiger partial charge in [-0.3, -0.25) is 4.79 Å². The van der Waals surface area contributed by atoms with Gasteiger partial charge in [-0.15, -0.1) is 0 Å². The molecule has 1 N–H and O–H groups in total. The van der Waals surface area contributed by atoms with E-state index < -0.39 is 0 Å². The summed E-state index contributed by atoms with van der Waals surface area (Å²) < 4.78 is 5.52. The number of H-pyrrole nitrogens is 1. The van der Waals surface area contributed by atoms with Crippen molar-refractivity contribution >= 4 is 16.7 Å². The fourth-order valence-corrected chi connectivity index (χ4v) is 2.91. The number of rotatable bonds is 4. The molecule has 1 heterocycles. The van der Waals surface area contributed by atoms with Crippen LogP contribution in [0.5, 0.6) is 0 Å². The third-order valence-electron chi connectivity index (χ3n) is 4.31. The molecule has 4 heteroatoms. The van der Waals surface area contributed by atoms with Crippen molar-refractivity contribution in [2.75, 3.05) is 7.11 Å². The van der Waals surface area contributed by atoms with Gasteiger partial charge >= 0.3 is 0 Å². The minimum absolute atomic E-state index is 0.0421. The van der Waals surface area contributed by atoms with Crippen LogP contribution in [0.2, 0.25) is 0 Å². The van der Waals surface area contributed by atoms with Gasteiger partial charge in [-0.25, -0.2) is 0 Å². The van der Waals surface area contributed by atoms with Crippen molar-refractivity contribution in [3.05, 3.63) is 35.5 Å². The predicted octanol–water partition coefficient (Wildman–Crippen LogP) is 3.18. The maximum Gasteiger partial charge on any atom is 0.167 e. The summed E-state index contributed by atoms with van der Waals surface area (Å²) in [6, 6.07) is 7.58. The van der Waals surface area contributed by atoms with Crippen molar-refractivity contribution < 1.29 is 9.53 Å². The number of nitrogens with zero attached hydrogens (tertiary/aromatic N) is 1. The lowest BCUT2D eigenvalue weighted by atomic mass is 9.75. The average molecular weight is 268 g/mol. The zero-order valence-electron chi connectivity index (χ0n) is 11.4. The van der Waals surface area contributed by atoms with E-state index in [0.717, 1.165) is 30.2 Å². The smallest absolute Gasteiger partial charge is 0.167 e. The van der Waals surface area contributed by atoms with Crippen LogP contribution in [-0.2, 0) is 4.74 Å². The van der Waals surface area contributed by atoms with Crippen molar-refractivity contribution in [3.8, 4) is 6.07 Å². The van der Waals surface area contributed by atoms with E-state index in [9.17, 15) is 10.1 Å². The SMILES string of the molecule is COC1(CC(=O)c2c[nH]c3cccc(C#N)c23)CCC1. The monoisotopic (exact) mass is 268 g/mol. The number of ether oxygens (including phenoxy) is 1. The van der Waals surface area contributed by atoms with Gasteiger partial charge in [0.2, 0.25) is 0 Å². The Bertz CT molecular complexity index is 699. The number of hydrogen-bond acceptors (Lipinski definition) is 3. The van der Waals surface area contributed by atoms with Crippen LogP contribution in [0, 0.1) is 11.3 Å². The molecule has 20 heavy (non-hydrogen) atoms. The second-order valence-electron chi connectivity index (χ2n) is 5.38. The summed E-state index contributed by atoms with van der Waals surface area (Å²) in [5.74, 6) is 0.0421. The Labute approximate surface area is 117 Å². The van der Waals surface area contributed by atoms with Gasteiger partial charge in [0, 0.05) is 36.2 Å². The zero-order chi connectivity index (χ0) is 14.2. The highest BCUT2D eigenvalue weighted by Gasteiger charge is 2.39. The number of aromatic amines is 1. The van der Waals surface area contributed by atoms with Gasteiger partial charge in [0.25, 0.3) is 0 Å². The maximum absolute atomic E-state index is 12.5. The largest absolute Gasteiger partial charge is 0.378 e. The maximum atomic E-state index is 12.5. The number of ketones is 1. The molecule has 0 saturated heterocycles. The van der Waals surface area contributed by atoms with Crippen LogP contribution in [-0.4, -0.2) is 23.5 Å². The van der Waals surface area contributed by atoms with Gasteiger partial charge in [-0.05, 0) is 31.4 Å². The molecule has 1 aliphatic rings. The average Bonchev–Trinajstić information content (AvgIpc) is 2.86. The van der Waals surface area contributed by atoms with Crippen molar-refractivity contribution in [1.29, 1.82) is 5.26 Å². The van der Waals surface area contributed by atoms with E-state index in [1.165, 1.54) is 0 Å². The molecule has 1 fully saturated rings. The summed E-state index contributed by atoms with van der Waals surface area (Å²) in [6.45, 7) is 0. The minimum atomic E-state index is -0.289. The van der Waals surface area contributed by atoms with Crippen LogP contribution in [0.3, 0.4) is 0 Å². The van der Waals surface area contributed by atoms with Crippen molar-refractivity contribution in [3.63, 3.8) is 0 Å². The van der Waals surface area contributed by atoms with Crippen LogP contribution >= 0.6 is 0 Å². The van der Waals surface area contributed by atoms with E-state index in [1.54, 1.807) is 19.4 Å². The van der Waals surface area contributed by atoms with Crippen LogP contribution in [0.1, 0.15) is 41.6 Å². The lowest BCUT2D eigenvalue weighted by Gasteiger charge is -2.40. The van der Waals surface area contributed by atoms with Gasteiger partial charge in [0.15, 0.2) is 5.78 Å². The first kappa shape index (κ1) is 12.9. The Morgan fingerprint density at radius 2 is 2.30 bits per heavy atom. The summed E-state index contributed by atoms with van der Waals surface area (Å²) in [7, 11) is 1.67. The van der Waals surface area contributed by atoms with E-state index in [0.29, 0.717) is 17.5 Å². The zero-order valence-corrected chi connectivity index (χ0v) is 11.4. The summed E-state index contributed by atoms with van der Waals surface area (Å²) >= 11 is 0. The first-order chi connectivity index (χ1) is 9.69. The Hall–Kier alpha value is -2.12. The van der Waals surface area contributed by atoms with Gasteiger partial charge in [0.05, 0.1) is 17.2 Å². The number of hydrogen-bond donors (Lipinski definition) is 1. The minimum Gasteiger partial charge on any atom is -0.378 e. The molecular weight excluding hydrogens is 252 g/mol. The topological polar surface area (TPSA) is 65.9 Å². The molecular formula is C16H16N2O2. The molecule has 0 bridgehead atoms. The molecule has 1 aliphatic carbocycles.